The summed E-state index contributed by atoms with van der Waals surface area (Å²) in [5.41, 5.74) is 3.21. The molecule has 0 saturated carbocycles. The average Bonchev–Trinajstić information content (AvgIpc) is 3.49. The third-order valence-electron chi connectivity index (χ3n) is 8.05. The van der Waals surface area contributed by atoms with Gasteiger partial charge in [-0.3, -0.25) is 4.79 Å². The zero-order chi connectivity index (χ0) is 26.6. The Kier molecular flexibility index (Phi) is 11.7. The topological polar surface area (TPSA) is 38.1 Å². The molecule has 2 heterocycles. The molecule has 1 atom stereocenters. The van der Waals surface area contributed by atoms with E-state index in [1.165, 1.54) is 95.4 Å². The molecular weight excluding hydrogens is 534 g/mol. The van der Waals surface area contributed by atoms with Crippen LogP contribution in [0, 0.1) is 0 Å². The fourth-order valence-corrected chi connectivity index (χ4v) is 6.12. The molecule has 1 fully saturated rings. The van der Waals surface area contributed by atoms with E-state index in [1.807, 2.05) is 29.2 Å². The van der Waals surface area contributed by atoms with Gasteiger partial charge in [0.1, 0.15) is 5.82 Å². The van der Waals surface area contributed by atoms with Gasteiger partial charge in [-0.05, 0) is 42.8 Å². The lowest BCUT2D eigenvalue weighted by Gasteiger charge is -2.17. The Morgan fingerprint density at radius 3 is 2.00 bits per heavy atom. The normalized spacial score (nSPS) is 15.7. The molecule has 2 aromatic carbocycles. The van der Waals surface area contributed by atoms with Gasteiger partial charge in [-0.2, -0.15) is 0 Å². The van der Waals surface area contributed by atoms with E-state index in [1.54, 1.807) is 0 Å². The van der Waals surface area contributed by atoms with Crippen LogP contribution in [0.5, 0.6) is 0 Å². The van der Waals surface area contributed by atoms with Crippen LogP contribution in [0.2, 0.25) is 0 Å². The van der Waals surface area contributed by atoms with E-state index in [0.717, 1.165) is 28.0 Å². The van der Waals surface area contributed by atoms with Crippen LogP contribution in [0.4, 0.5) is 5.69 Å². The maximum absolute atomic E-state index is 12.9. The molecule has 38 heavy (non-hydrogen) atoms. The number of rotatable bonds is 17. The van der Waals surface area contributed by atoms with E-state index >= 15 is 0 Å². The van der Waals surface area contributed by atoms with Gasteiger partial charge in [-0.15, -0.1) is 0 Å². The second-order valence-electron chi connectivity index (χ2n) is 11.1. The largest absolute Gasteiger partial charge is 0.328 e. The molecule has 206 valence electrons. The lowest BCUT2D eigenvalue weighted by Crippen LogP contribution is -2.24. The summed E-state index contributed by atoms with van der Waals surface area (Å²) in [6.07, 6.45) is 19.7. The van der Waals surface area contributed by atoms with Gasteiger partial charge in [0.05, 0.1) is 11.0 Å². The molecule has 0 spiro atoms. The number of imidazole rings is 1. The van der Waals surface area contributed by atoms with Crippen molar-refractivity contribution in [1.82, 2.24) is 9.55 Å². The number of aryl methyl sites for hydroxylation is 1. The zero-order valence-electron chi connectivity index (χ0n) is 23.3. The van der Waals surface area contributed by atoms with Gasteiger partial charge < -0.3 is 9.47 Å². The molecule has 5 heteroatoms. The van der Waals surface area contributed by atoms with E-state index in [4.69, 9.17) is 4.98 Å². The van der Waals surface area contributed by atoms with E-state index in [9.17, 15) is 4.79 Å². The van der Waals surface area contributed by atoms with Crippen LogP contribution < -0.4 is 4.90 Å². The van der Waals surface area contributed by atoms with Gasteiger partial charge >= 0.3 is 0 Å². The Bertz CT molecular complexity index is 1120. The fraction of sp³-hybridized carbons (Fsp3) is 0.576. The number of nitrogens with zero attached hydrogens (tertiary/aromatic N) is 3. The summed E-state index contributed by atoms with van der Waals surface area (Å²) < 4.78 is 3.43. The highest BCUT2D eigenvalue weighted by atomic mass is 79.9. The summed E-state index contributed by atoms with van der Waals surface area (Å²) in [6.45, 7) is 3.97. The van der Waals surface area contributed by atoms with Gasteiger partial charge in [-0.25, -0.2) is 4.98 Å². The number of carbonyl (C=O) groups excluding carboxylic acids is 1. The number of aromatic nitrogens is 2. The number of hydrogen-bond donors (Lipinski definition) is 0. The first-order valence-corrected chi connectivity index (χ1v) is 16.0. The van der Waals surface area contributed by atoms with E-state index in [-0.39, 0.29) is 11.8 Å². The van der Waals surface area contributed by atoms with Crippen LogP contribution in [0.15, 0.2) is 53.0 Å². The summed E-state index contributed by atoms with van der Waals surface area (Å²) in [4.78, 5) is 19.9. The van der Waals surface area contributed by atoms with Crippen molar-refractivity contribution < 1.29 is 4.79 Å². The van der Waals surface area contributed by atoms with Crippen molar-refractivity contribution in [2.75, 3.05) is 11.4 Å². The van der Waals surface area contributed by atoms with Gasteiger partial charge in [0.15, 0.2) is 0 Å². The molecule has 0 bridgehead atoms. The SMILES string of the molecule is CCCCCCCCCCCCCCCCn1c(C2CC(=O)N(c3ccc(Br)cc3)C2)nc2ccccc21. The minimum Gasteiger partial charge on any atom is -0.328 e. The van der Waals surface area contributed by atoms with E-state index in [0.29, 0.717) is 13.0 Å². The van der Waals surface area contributed by atoms with Gasteiger partial charge in [0.25, 0.3) is 0 Å². The Hall–Kier alpha value is -2.14. The van der Waals surface area contributed by atoms with Crippen molar-refractivity contribution in [2.45, 2.75) is 116 Å². The maximum atomic E-state index is 12.9. The highest BCUT2D eigenvalue weighted by Gasteiger charge is 2.34. The standard InChI is InChI=1S/C33H46BrN3O/c1-2-3-4-5-6-7-8-9-10-11-12-13-14-17-24-36-31-19-16-15-18-30(31)35-33(36)27-25-32(38)37(26-27)29-22-20-28(34)21-23-29/h15-16,18-23,27H,2-14,17,24-26H2,1H3. The number of amides is 1. The number of halogens is 1. The fourth-order valence-electron chi connectivity index (χ4n) is 5.86. The second-order valence-corrected chi connectivity index (χ2v) is 12.0. The van der Waals surface area contributed by atoms with Crippen molar-refractivity contribution in [3.63, 3.8) is 0 Å². The second kappa shape index (κ2) is 15.5. The molecule has 0 aliphatic carbocycles. The first-order valence-electron chi connectivity index (χ1n) is 15.2. The van der Waals surface area contributed by atoms with Gasteiger partial charge in [0, 0.05) is 35.6 Å². The Balaban J connectivity index is 1.22. The van der Waals surface area contributed by atoms with Crippen molar-refractivity contribution in [3.05, 3.63) is 58.8 Å². The Morgan fingerprint density at radius 2 is 1.37 bits per heavy atom. The lowest BCUT2D eigenvalue weighted by atomic mass is 10.0. The number of benzene rings is 2. The highest BCUT2D eigenvalue weighted by Crippen LogP contribution is 2.34. The monoisotopic (exact) mass is 579 g/mol. The molecule has 1 aliphatic heterocycles. The van der Waals surface area contributed by atoms with Gasteiger partial charge in [-0.1, -0.05) is 118 Å². The molecule has 3 aromatic rings. The number of anilines is 1. The zero-order valence-corrected chi connectivity index (χ0v) is 24.9. The van der Waals surface area contributed by atoms with Crippen LogP contribution >= 0.6 is 15.9 Å². The third kappa shape index (κ3) is 8.18. The summed E-state index contributed by atoms with van der Waals surface area (Å²) >= 11 is 3.49. The minimum absolute atomic E-state index is 0.130. The number of fused-ring (bicyclic) bond motifs is 1. The molecular formula is C33H46BrN3O. The molecule has 1 aliphatic rings. The van der Waals surface area contributed by atoms with Crippen LogP contribution in [-0.2, 0) is 11.3 Å². The van der Waals surface area contributed by atoms with Crippen LogP contribution in [0.25, 0.3) is 11.0 Å². The summed E-state index contributed by atoms with van der Waals surface area (Å²) in [5, 5.41) is 0. The molecule has 1 amide bonds. The number of para-hydroxylation sites is 2. The molecule has 0 N–H and O–H groups in total. The molecule has 0 radical (unpaired) electrons. The number of carbonyl (C=O) groups is 1. The van der Waals surface area contributed by atoms with Crippen LogP contribution in [0.3, 0.4) is 0 Å². The quantitative estimate of drug-likeness (QED) is 0.149. The highest BCUT2D eigenvalue weighted by molar-refractivity contribution is 9.10. The van der Waals surface area contributed by atoms with E-state index in [2.05, 4.69) is 51.7 Å². The van der Waals surface area contributed by atoms with Gasteiger partial charge in [0.2, 0.25) is 5.91 Å². The summed E-state index contributed by atoms with van der Waals surface area (Å²) in [6, 6.07) is 16.5. The average molecular weight is 581 g/mol. The van der Waals surface area contributed by atoms with Crippen molar-refractivity contribution in [2.24, 2.45) is 0 Å². The maximum Gasteiger partial charge on any atom is 0.227 e. The Labute approximate surface area is 238 Å². The minimum atomic E-state index is 0.130. The first-order chi connectivity index (χ1) is 18.7. The predicted molar refractivity (Wildman–Crippen MR) is 164 cm³/mol. The number of hydrogen-bond acceptors (Lipinski definition) is 2. The molecule has 4 rings (SSSR count). The van der Waals surface area contributed by atoms with Crippen molar-refractivity contribution >= 4 is 38.6 Å². The van der Waals surface area contributed by atoms with E-state index < -0.39 is 0 Å². The lowest BCUT2D eigenvalue weighted by molar-refractivity contribution is -0.117. The van der Waals surface area contributed by atoms with Crippen LogP contribution in [-0.4, -0.2) is 22.0 Å². The summed E-state index contributed by atoms with van der Waals surface area (Å²) in [7, 11) is 0. The molecule has 1 unspecified atom stereocenters. The predicted octanol–water partition coefficient (Wildman–Crippen LogP) is 9.80. The smallest absolute Gasteiger partial charge is 0.227 e. The molecule has 1 aromatic heterocycles. The van der Waals surface area contributed by atoms with Crippen molar-refractivity contribution in [3.8, 4) is 0 Å². The number of unbranched alkanes of at least 4 members (excludes halogenated alkanes) is 13. The van der Waals surface area contributed by atoms with Crippen LogP contribution in [0.1, 0.15) is 115 Å². The Morgan fingerprint density at radius 1 is 0.789 bits per heavy atom. The third-order valence-corrected chi connectivity index (χ3v) is 8.58. The van der Waals surface area contributed by atoms with Crippen molar-refractivity contribution in [1.29, 1.82) is 0 Å². The first kappa shape index (κ1) is 28.9. The molecule has 1 saturated heterocycles. The summed E-state index contributed by atoms with van der Waals surface area (Å²) in [5.74, 6) is 1.39. The molecule has 4 nitrogen and oxygen atoms in total.